The molecule has 48 heavy (non-hydrogen) atoms. The minimum atomic E-state index is 0.642. The van der Waals surface area contributed by atoms with Crippen LogP contribution in [0.15, 0.2) is 176 Å². The molecule has 0 aliphatic rings. The zero-order chi connectivity index (χ0) is 31.9. The highest BCUT2D eigenvalue weighted by Crippen LogP contribution is 2.40. The van der Waals surface area contributed by atoms with Crippen molar-refractivity contribution < 1.29 is 0 Å². The van der Waals surface area contributed by atoms with Crippen LogP contribution in [-0.2, 0) is 0 Å². The van der Waals surface area contributed by atoms with Gasteiger partial charge in [-0.05, 0) is 61.3 Å². The first-order valence-corrected chi connectivity index (χ1v) is 16.2. The molecule has 0 saturated heterocycles. The minimum absolute atomic E-state index is 0.642. The summed E-state index contributed by atoms with van der Waals surface area (Å²) < 4.78 is 0. The maximum atomic E-state index is 5.27. The van der Waals surface area contributed by atoms with Crippen LogP contribution < -0.4 is 0 Å². The summed E-state index contributed by atoms with van der Waals surface area (Å²) in [5.41, 5.74) is 7.56. The van der Waals surface area contributed by atoms with Gasteiger partial charge in [0.15, 0.2) is 17.5 Å². The average molecular weight is 612 g/mol. The summed E-state index contributed by atoms with van der Waals surface area (Å²) in [6.45, 7) is 0. The first-order valence-electron chi connectivity index (χ1n) is 16.2. The molecule has 9 rings (SSSR count). The smallest absolute Gasteiger partial charge is 0.165 e. The zero-order valence-corrected chi connectivity index (χ0v) is 26.1. The molecule has 8 aromatic carbocycles. The second kappa shape index (κ2) is 11.7. The zero-order valence-electron chi connectivity index (χ0n) is 26.1. The lowest BCUT2D eigenvalue weighted by atomic mass is 9.92. The summed E-state index contributed by atoms with van der Waals surface area (Å²) in [7, 11) is 0. The lowest BCUT2D eigenvalue weighted by Crippen LogP contribution is -2.01. The number of aromatic nitrogens is 3. The van der Waals surface area contributed by atoms with Crippen molar-refractivity contribution in [2.45, 2.75) is 0 Å². The fraction of sp³-hybridized carbons (Fsp3) is 0. The molecule has 0 aliphatic heterocycles. The van der Waals surface area contributed by atoms with E-state index in [-0.39, 0.29) is 0 Å². The first-order chi connectivity index (χ1) is 23.8. The van der Waals surface area contributed by atoms with Crippen LogP contribution in [0, 0.1) is 0 Å². The Morgan fingerprint density at radius 3 is 1.52 bits per heavy atom. The molecule has 3 heteroatoms. The van der Waals surface area contributed by atoms with Crippen molar-refractivity contribution in [2.75, 3.05) is 0 Å². The largest absolute Gasteiger partial charge is 0.208 e. The summed E-state index contributed by atoms with van der Waals surface area (Å²) in [4.78, 5) is 15.6. The quantitative estimate of drug-likeness (QED) is 0.144. The van der Waals surface area contributed by atoms with E-state index in [1.165, 1.54) is 21.9 Å². The van der Waals surface area contributed by atoms with E-state index in [0.29, 0.717) is 17.5 Å². The molecule has 0 bridgehead atoms. The van der Waals surface area contributed by atoms with Crippen LogP contribution in [0.4, 0.5) is 0 Å². The van der Waals surface area contributed by atoms with Crippen molar-refractivity contribution >= 4 is 32.3 Å². The molecule has 0 radical (unpaired) electrons. The maximum absolute atomic E-state index is 5.27. The molecule has 0 N–H and O–H groups in total. The Labute approximate surface area is 278 Å². The number of hydrogen-bond donors (Lipinski definition) is 0. The third-order valence-corrected chi connectivity index (χ3v) is 9.09. The predicted octanol–water partition coefficient (Wildman–Crippen LogP) is 11.7. The van der Waals surface area contributed by atoms with Crippen molar-refractivity contribution in [1.29, 1.82) is 0 Å². The van der Waals surface area contributed by atoms with E-state index >= 15 is 0 Å². The van der Waals surface area contributed by atoms with E-state index < -0.39 is 0 Å². The van der Waals surface area contributed by atoms with E-state index in [0.717, 1.165) is 49.4 Å². The van der Waals surface area contributed by atoms with Crippen LogP contribution in [0.1, 0.15) is 0 Å². The van der Waals surface area contributed by atoms with E-state index in [4.69, 9.17) is 15.0 Å². The first kappa shape index (κ1) is 27.8. The van der Waals surface area contributed by atoms with E-state index in [1.54, 1.807) is 0 Å². The van der Waals surface area contributed by atoms with Gasteiger partial charge in [0.25, 0.3) is 0 Å². The highest BCUT2D eigenvalue weighted by molar-refractivity contribution is 6.21. The highest BCUT2D eigenvalue weighted by Gasteiger charge is 2.19. The predicted molar refractivity (Wildman–Crippen MR) is 200 cm³/mol. The molecule has 3 nitrogen and oxygen atoms in total. The molecule has 0 atom stereocenters. The van der Waals surface area contributed by atoms with Gasteiger partial charge >= 0.3 is 0 Å². The number of fused-ring (bicyclic) bond motifs is 4. The van der Waals surface area contributed by atoms with Gasteiger partial charge < -0.3 is 0 Å². The van der Waals surface area contributed by atoms with Gasteiger partial charge in [-0.3, -0.25) is 0 Å². The van der Waals surface area contributed by atoms with Crippen LogP contribution in [0.2, 0.25) is 0 Å². The Balaban J connectivity index is 1.26. The lowest BCUT2D eigenvalue weighted by Gasteiger charge is -2.15. The van der Waals surface area contributed by atoms with Crippen LogP contribution in [0.3, 0.4) is 0 Å². The Kier molecular flexibility index (Phi) is 6.80. The summed E-state index contributed by atoms with van der Waals surface area (Å²) >= 11 is 0. The van der Waals surface area contributed by atoms with Crippen LogP contribution in [0.25, 0.3) is 88.7 Å². The molecule has 0 amide bonds. The van der Waals surface area contributed by atoms with Gasteiger partial charge in [-0.1, -0.05) is 164 Å². The molecular weight excluding hydrogens is 583 g/mol. The maximum Gasteiger partial charge on any atom is 0.165 e. The van der Waals surface area contributed by atoms with Gasteiger partial charge in [0.1, 0.15) is 0 Å². The number of rotatable bonds is 5. The van der Waals surface area contributed by atoms with E-state index in [9.17, 15) is 0 Å². The molecule has 0 fully saturated rings. The molecule has 0 spiro atoms. The molecule has 1 aromatic heterocycles. The normalized spacial score (nSPS) is 11.3. The molecule has 0 unspecified atom stereocenters. The van der Waals surface area contributed by atoms with Crippen molar-refractivity contribution in [3.63, 3.8) is 0 Å². The standard InChI is InChI=1S/C45H29N3/c1-3-12-30(13-4-1)31-22-24-32(25-23-31)35-18-11-19-38(28-35)44-46-43(34-15-5-2-6-16-34)47-45(48-44)42-40-21-10-8-17-36(40)29-37-27-26-33-14-7-9-20-39(33)41(37)42/h1-29H. The van der Waals surface area contributed by atoms with E-state index in [1.807, 2.05) is 24.3 Å². The van der Waals surface area contributed by atoms with Crippen molar-refractivity contribution in [3.8, 4) is 56.4 Å². The number of hydrogen-bond acceptors (Lipinski definition) is 3. The highest BCUT2D eigenvalue weighted by atomic mass is 15.0. The SMILES string of the molecule is c1ccc(-c2ccc(-c3cccc(-c4nc(-c5ccccc5)nc(-c5c6ccccc6cc6ccc7ccccc7c56)n4)c3)cc2)cc1. The molecule has 0 saturated carbocycles. The van der Waals surface area contributed by atoms with Crippen LogP contribution in [-0.4, -0.2) is 15.0 Å². The topological polar surface area (TPSA) is 38.7 Å². The fourth-order valence-corrected chi connectivity index (χ4v) is 6.73. The minimum Gasteiger partial charge on any atom is -0.208 e. The second-order valence-electron chi connectivity index (χ2n) is 12.1. The molecule has 9 aromatic rings. The van der Waals surface area contributed by atoms with Gasteiger partial charge in [-0.25, -0.2) is 15.0 Å². The third-order valence-electron chi connectivity index (χ3n) is 9.09. The molecule has 0 aliphatic carbocycles. The number of nitrogens with zero attached hydrogens (tertiary/aromatic N) is 3. The second-order valence-corrected chi connectivity index (χ2v) is 12.1. The monoisotopic (exact) mass is 611 g/mol. The molecule has 224 valence electrons. The Hall–Kier alpha value is -6.45. The van der Waals surface area contributed by atoms with Gasteiger partial charge in [0.05, 0.1) is 0 Å². The van der Waals surface area contributed by atoms with Crippen molar-refractivity contribution in [1.82, 2.24) is 15.0 Å². The van der Waals surface area contributed by atoms with E-state index in [2.05, 4.69) is 152 Å². The molecular formula is C45H29N3. The van der Waals surface area contributed by atoms with Crippen LogP contribution in [0.5, 0.6) is 0 Å². The Morgan fingerprint density at radius 1 is 0.271 bits per heavy atom. The fourth-order valence-electron chi connectivity index (χ4n) is 6.73. The van der Waals surface area contributed by atoms with Gasteiger partial charge in [0, 0.05) is 22.1 Å². The summed E-state index contributed by atoms with van der Waals surface area (Å²) in [6.07, 6.45) is 0. The Bertz CT molecular complexity index is 2590. The van der Waals surface area contributed by atoms with Gasteiger partial charge in [0.2, 0.25) is 0 Å². The third kappa shape index (κ3) is 4.99. The van der Waals surface area contributed by atoms with Crippen molar-refractivity contribution in [2.24, 2.45) is 0 Å². The summed E-state index contributed by atoms with van der Waals surface area (Å²) in [5, 5.41) is 6.94. The van der Waals surface area contributed by atoms with Crippen LogP contribution >= 0.6 is 0 Å². The number of benzene rings is 8. The van der Waals surface area contributed by atoms with Gasteiger partial charge in [-0.2, -0.15) is 0 Å². The average Bonchev–Trinajstić information content (AvgIpc) is 3.17. The lowest BCUT2D eigenvalue weighted by molar-refractivity contribution is 1.08. The Morgan fingerprint density at radius 2 is 0.771 bits per heavy atom. The summed E-state index contributed by atoms with van der Waals surface area (Å²) in [5.74, 6) is 1.95. The molecule has 1 heterocycles. The van der Waals surface area contributed by atoms with Crippen molar-refractivity contribution in [3.05, 3.63) is 176 Å². The summed E-state index contributed by atoms with van der Waals surface area (Å²) in [6, 6.07) is 61.7. The van der Waals surface area contributed by atoms with Gasteiger partial charge in [-0.15, -0.1) is 0 Å².